The molecule has 0 amide bonds. The van der Waals surface area contributed by atoms with E-state index in [9.17, 15) is 0 Å². The lowest BCUT2D eigenvalue weighted by atomic mass is 10.1. The summed E-state index contributed by atoms with van der Waals surface area (Å²) in [5.41, 5.74) is 3.69. The van der Waals surface area contributed by atoms with Crippen LogP contribution < -0.4 is 5.32 Å². The van der Waals surface area contributed by atoms with Gasteiger partial charge >= 0.3 is 0 Å². The molecule has 0 unspecified atom stereocenters. The van der Waals surface area contributed by atoms with Gasteiger partial charge in [-0.15, -0.1) is 0 Å². The zero-order valence-electron chi connectivity index (χ0n) is 9.75. The zero-order chi connectivity index (χ0) is 11.2. The molecule has 1 heterocycles. The van der Waals surface area contributed by atoms with Crippen molar-refractivity contribution in [2.45, 2.75) is 32.2 Å². The number of benzene rings is 1. The van der Waals surface area contributed by atoms with Gasteiger partial charge in [-0.1, -0.05) is 18.2 Å². The molecular weight excluding hydrogens is 196 g/mol. The van der Waals surface area contributed by atoms with Gasteiger partial charge in [-0.05, 0) is 38.8 Å². The van der Waals surface area contributed by atoms with Crippen molar-refractivity contribution in [1.82, 2.24) is 4.98 Å². The fourth-order valence-electron chi connectivity index (χ4n) is 2.05. The van der Waals surface area contributed by atoms with Crippen LogP contribution >= 0.6 is 0 Å². The lowest BCUT2D eigenvalue weighted by Gasteiger charge is -2.15. The molecule has 3 rings (SSSR count). The first kappa shape index (κ1) is 9.64. The second kappa shape index (κ2) is 3.21. The SMILES string of the molecule is Cc1cc(NC2(C)CC2)c2ccccc2n1. The minimum atomic E-state index is 0.316. The van der Waals surface area contributed by atoms with E-state index in [2.05, 4.69) is 41.5 Å². The van der Waals surface area contributed by atoms with Crippen molar-refractivity contribution in [2.24, 2.45) is 0 Å². The normalized spacial score (nSPS) is 17.4. The van der Waals surface area contributed by atoms with Crippen LogP contribution in [0.4, 0.5) is 5.69 Å². The van der Waals surface area contributed by atoms with Crippen molar-refractivity contribution in [1.29, 1.82) is 0 Å². The molecule has 1 fully saturated rings. The molecule has 2 nitrogen and oxygen atoms in total. The molecule has 1 N–H and O–H groups in total. The summed E-state index contributed by atoms with van der Waals surface area (Å²) in [6, 6.07) is 10.5. The number of nitrogens with one attached hydrogen (secondary N) is 1. The summed E-state index contributed by atoms with van der Waals surface area (Å²) in [7, 11) is 0. The van der Waals surface area contributed by atoms with Crippen LogP contribution in [0.5, 0.6) is 0 Å². The molecule has 82 valence electrons. The number of hydrogen-bond donors (Lipinski definition) is 1. The Hall–Kier alpha value is -1.57. The largest absolute Gasteiger partial charge is 0.379 e. The van der Waals surface area contributed by atoms with Gasteiger partial charge in [0.25, 0.3) is 0 Å². The van der Waals surface area contributed by atoms with Crippen LogP contribution in [0.15, 0.2) is 30.3 Å². The average molecular weight is 212 g/mol. The number of rotatable bonds is 2. The Labute approximate surface area is 95.7 Å². The minimum absolute atomic E-state index is 0.316. The van der Waals surface area contributed by atoms with E-state index in [1.54, 1.807) is 0 Å². The number of fused-ring (bicyclic) bond motifs is 1. The first-order chi connectivity index (χ1) is 7.66. The molecule has 0 saturated heterocycles. The smallest absolute Gasteiger partial charge is 0.0725 e. The van der Waals surface area contributed by atoms with Crippen molar-refractivity contribution in [3.63, 3.8) is 0 Å². The predicted molar refractivity (Wildman–Crippen MR) is 67.7 cm³/mol. The van der Waals surface area contributed by atoms with Crippen LogP contribution in [-0.2, 0) is 0 Å². The zero-order valence-corrected chi connectivity index (χ0v) is 9.75. The fourth-order valence-corrected chi connectivity index (χ4v) is 2.05. The predicted octanol–water partition coefficient (Wildman–Crippen LogP) is 3.51. The van der Waals surface area contributed by atoms with E-state index in [4.69, 9.17) is 0 Å². The molecule has 0 atom stereocenters. The first-order valence-electron chi connectivity index (χ1n) is 5.81. The minimum Gasteiger partial charge on any atom is -0.379 e. The van der Waals surface area contributed by atoms with Crippen molar-refractivity contribution < 1.29 is 0 Å². The number of anilines is 1. The molecule has 2 aromatic rings. The molecule has 1 aliphatic rings. The molecule has 0 bridgehead atoms. The summed E-state index contributed by atoms with van der Waals surface area (Å²) >= 11 is 0. The van der Waals surface area contributed by atoms with Crippen LogP contribution in [0.1, 0.15) is 25.5 Å². The van der Waals surface area contributed by atoms with E-state index in [0.29, 0.717) is 5.54 Å². The number of para-hydroxylation sites is 1. The monoisotopic (exact) mass is 212 g/mol. The van der Waals surface area contributed by atoms with Crippen molar-refractivity contribution >= 4 is 16.6 Å². The summed E-state index contributed by atoms with van der Waals surface area (Å²) in [6.45, 7) is 4.32. The Morgan fingerprint density at radius 3 is 2.75 bits per heavy atom. The molecule has 1 aliphatic carbocycles. The molecule has 0 radical (unpaired) electrons. The molecule has 1 saturated carbocycles. The fraction of sp³-hybridized carbons (Fsp3) is 0.357. The van der Waals surface area contributed by atoms with E-state index in [1.165, 1.54) is 23.9 Å². The highest BCUT2D eigenvalue weighted by molar-refractivity contribution is 5.91. The van der Waals surface area contributed by atoms with Gasteiger partial charge in [-0.3, -0.25) is 4.98 Å². The van der Waals surface area contributed by atoms with Gasteiger partial charge in [0.05, 0.1) is 5.52 Å². The van der Waals surface area contributed by atoms with Gasteiger partial charge in [0.2, 0.25) is 0 Å². The van der Waals surface area contributed by atoms with Crippen molar-refractivity contribution in [3.05, 3.63) is 36.0 Å². The second-order valence-corrected chi connectivity index (χ2v) is 5.01. The maximum Gasteiger partial charge on any atom is 0.0725 e. The van der Waals surface area contributed by atoms with Gasteiger partial charge in [-0.2, -0.15) is 0 Å². The maximum absolute atomic E-state index is 4.55. The highest BCUT2D eigenvalue weighted by Crippen LogP contribution is 2.39. The van der Waals surface area contributed by atoms with Gasteiger partial charge < -0.3 is 5.32 Å². The van der Waals surface area contributed by atoms with Crippen molar-refractivity contribution in [2.75, 3.05) is 5.32 Å². The molecular formula is C14H16N2. The van der Waals surface area contributed by atoms with Crippen LogP contribution in [0, 0.1) is 6.92 Å². The average Bonchev–Trinajstić information content (AvgIpc) is 2.96. The number of aromatic nitrogens is 1. The van der Waals surface area contributed by atoms with Gasteiger partial charge in [0.1, 0.15) is 0 Å². The number of hydrogen-bond acceptors (Lipinski definition) is 2. The molecule has 0 aliphatic heterocycles. The van der Waals surface area contributed by atoms with Crippen LogP contribution in [0.3, 0.4) is 0 Å². The second-order valence-electron chi connectivity index (χ2n) is 5.01. The Morgan fingerprint density at radius 2 is 2.00 bits per heavy atom. The van der Waals surface area contributed by atoms with E-state index >= 15 is 0 Å². The summed E-state index contributed by atoms with van der Waals surface area (Å²) in [4.78, 5) is 4.55. The van der Waals surface area contributed by atoms with Gasteiger partial charge in [0, 0.05) is 22.3 Å². The van der Waals surface area contributed by atoms with E-state index in [0.717, 1.165) is 11.2 Å². The molecule has 2 heteroatoms. The summed E-state index contributed by atoms with van der Waals surface area (Å²) < 4.78 is 0. The third-order valence-corrected chi connectivity index (χ3v) is 3.28. The molecule has 0 spiro atoms. The van der Waals surface area contributed by atoms with Crippen LogP contribution in [0.2, 0.25) is 0 Å². The third-order valence-electron chi connectivity index (χ3n) is 3.28. The number of nitrogens with zero attached hydrogens (tertiary/aromatic N) is 1. The van der Waals surface area contributed by atoms with Crippen LogP contribution in [-0.4, -0.2) is 10.5 Å². The van der Waals surface area contributed by atoms with E-state index in [-0.39, 0.29) is 0 Å². The Bertz CT molecular complexity index is 541. The summed E-state index contributed by atoms with van der Waals surface area (Å²) in [6.07, 6.45) is 2.53. The Morgan fingerprint density at radius 1 is 1.25 bits per heavy atom. The van der Waals surface area contributed by atoms with Crippen LogP contribution in [0.25, 0.3) is 10.9 Å². The molecule has 1 aromatic carbocycles. The highest BCUT2D eigenvalue weighted by atomic mass is 15.0. The lowest BCUT2D eigenvalue weighted by molar-refractivity contribution is 0.830. The van der Waals surface area contributed by atoms with E-state index in [1.807, 2.05) is 13.0 Å². The lowest BCUT2D eigenvalue weighted by Crippen LogP contribution is -2.16. The number of aryl methyl sites for hydroxylation is 1. The topological polar surface area (TPSA) is 24.9 Å². The van der Waals surface area contributed by atoms with Crippen molar-refractivity contribution in [3.8, 4) is 0 Å². The van der Waals surface area contributed by atoms with E-state index < -0.39 is 0 Å². The summed E-state index contributed by atoms with van der Waals surface area (Å²) in [5.74, 6) is 0. The maximum atomic E-state index is 4.55. The molecule has 1 aromatic heterocycles. The highest BCUT2D eigenvalue weighted by Gasteiger charge is 2.37. The molecule has 16 heavy (non-hydrogen) atoms. The number of pyridine rings is 1. The first-order valence-corrected chi connectivity index (χ1v) is 5.81. The quantitative estimate of drug-likeness (QED) is 0.824. The van der Waals surface area contributed by atoms with Gasteiger partial charge in [-0.25, -0.2) is 0 Å². The Balaban J connectivity index is 2.14. The third kappa shape index (κ3) is 1.64. The summed E-state index contributed by atoms with van der Waals surface area (Å²) in [5, 5.41) is 4.86. The van der Waals surface area contributed by atoms with Gasteiger partial charge in [0.15, 0.2) is 0 Å². The standard InChI is InChI=1S/C14H16N2/c1-10-9-13(16-14(2)7-8-14)11-5-3-4-6-12(11)15-10/h3-6,9H,7-8H2,1-2H3,(H,15,16). The Kier molecular flexibility index (Phi) is 1.93.